The SMILES string of the molecule is COc1cc2c(cc1-c1c(C)noc1C)[nH]c1nc(C)nc(-c3ccc(N)c(C(C)(C)C)c3)c12. The summed E-state index contributed by atoms with van der Waals surface area (Å²) in [4.78, 5) is 13.1. The molecule has 7 heteroatoms. The lowest BCUT2D eigenvalue weighted by molar-refractivity contribution is 0.393. The molecule has 5 rings (SSSR count). The molecule has 0 bridgehead atoms. The summed E-state index contributed by atoms with van der Waals surface area (Å²) in [6.45, 7) is 12.2. The molecule has 3 aromatic heterocycles. The number of nitrogens with zero attached hydrogens (tertiary/aromatic N) is 3. The molecule has 5 aromatic rings. The first-order valence-corrected chi connectivity index (χ1v) is 11.3. The van der Waals surface area contributed by atoms with Crippen LogP contribution in [-0.4, -0.2) is 27.2 Å². The largest absolute Gasteiger partial charge is 0.496 e. The number of nitrogens with two attached hydrogens (primary N) is 1. The fraction of sp³-hybridized carbons (Fsp3) is 0.296. The molecule has 174 valence electrons. The van der Waals surface area contributed by atoms with Crippen molar-refractivity contribution in [1.82, 2.24) is 20.1 Å². The molecule has 3 heterocycles. The Kier molecular flexibility index (Phi) is 4.90. The van der Waals surface area contributed by atoms with Crippen LogP contribution in [0.3, 0.4) is 0 Å². The minimum Gasteiger partial charge on any atom is -0.496 e. The second-order valence-corrected chi connectivity index (χ2v) is 9.82. The first kappa shape index (κ1) is 21.9. The van der Waals surface area contributed by atoms with E-state index in [4.69, 9.17) is 25.0 Å². The highest BCUT2D eigenvalue weighted by molar-refractivity contribution is 6.13. The summed E-state index contributed by atoms with van der Waals surface area (Å²) < 4.78 is 11.2. The molecule has 0 saturated heterocycles. The van der Waals surface area contributed by atoms with Gasteiger partial charge in [0, 0.05) is 27.7 Å². The summed E-state index contributed by atoms with van der Waals surface area (Å²) >= 11 is 0. The Morgan fingerprint density at radius 1 is 1.03 bits per heavy atom. The number of methoxy groups -OCH3 is 1. The van der Waals surface area contributed by atoms with Crippen molar-refractivity contribution >= 4 is 27.6 Å². The van der Waals surface area contributed by atoms with Crippen molar-refractivity contribution in [3.63, 3.8) is 0 Å². The normalized spacial score (nSPS) is 12.1. The molecule has 0 unspecified atom stereocenters. The van der Waals surface area contributed by atoms with E-state index in [2.05, 4.69) is 43.0 Å². The number of rotatable bonds is 3. The number of anilines is 1. The summed E-state index contributed by atoms with van der Waals surface area (Å²) in [5.41, 5.74) is 14.4. The molecule has 0 aliphatic carbocycles. The van der Waals surface area contributed by atoms with E-state index in [0.29, 0.717) is 5.82 Å². The summed E-state index contributed by atoms with van der Waals surface area (Å²) in [6, 6.07) is 10.2. The topological polar surface area (TPSA) is 103 Å². The number of nitrogens with one attached hydrogen (secondary N) is 1. The molecule has 3 N–H and O–H groups in total. The predicted molar refractivity (Wildman–Crippen MR) is 136 cm³/mol. The Balaban J connectivity index is 1.83. The summed E-state index contributed by atoms with van der Waals surface area (Å²) in [6.07, 6.45) is 0. The third-order valence-electron chi connectivity index (χ3n) is 6.32. The van der Waals surface area contributed by atoms with Gasteiger partial charge in [-0.25, -0.2) is 9.97 Å². The van der Waals surface area contributed by atoms with Crippen molar-refractivity contribution in [3.8, 4) is 28.1 Å². The average molecular weight is 456 g/mol. The van der Waals surface area contributed by atoms with E-state index in [1.807, 2.05) is 39.0 Å². The average Bonchev–Trinajstić information content (AvgIpc) is 3.29. The van der Waals surface area contributed by atoms with Gasteiger partial charge in [0.2, 0.25) is 0 Å². The summed E-state index contributed by atoms with van der Waals surface area (Å²) in [5, 5.41) is 6.06. The van der Waals surface area contributed by atoms with Gasteiger partial charge >= 0.3 is 0 Å². The third kappa shape index (κ3) is 3.39. The van der Waals surface area contributed by atoms with Crippen LogP contribution in [0.15, 0.2) is 34.9 Å². The van der Waals surface area contributed by atoms with Crippen LogP contribution < -0.4 is 10.5 Å². The van der Waals surface area contributed by atoms with Gasteiger partial charge in [0.1, 0.15) is 23.0 Å². The van der Waals surface area contributed by atoms with Gasteiger partial charge in [-0.1, -0.05) is 32.0 Å². The second-order valence-electron chi connectivity index (χ2n) is 9.82. The number of H-pyrrole nitrogens is 1. The van der Waals surface area contributed by atoms with Crippen LogP contribution in [0, 0.1) is 20.8 Å². The van der Waals surface area contributed by atoms with Crippen LogP contribution in [-0.2, 0) is 5.41 Å². The zero-order valence-electron chi connectivity index (χ0n) is 20.6. The second kappa shape index (κ2) is 7.58. The molecule has 34 heavy (non-hydrogen) atoms. The summed E-state index contributed by atoms with van der Waals surface area (Å²) in [7, 11) is 1.68. The Morgan fingerprint density at radius 2 is 1.79 bits per heavy atom. The highest BCUT2D eigenvalue weighted by atomic mass is 16.5. The molecule has 0 spiro atoms. The fourth-order valence-electron chi connectivity index (χ4n) is 4.73. The molecule has 0 fully saturated rings. The number of aryl methyl sites for hydroxylation is 3. The standard InChI is InChI=1S/C27H29N5O2/c1-13-23(14(2)34-32-13)18-11-21-17(12-22(18)33-7)24-25(29-15(3)30-26(24)31-21)16-8-9-20(28)19(10-16)27(4,5)6/h8-12H,28H2,1-7H3,(H,29,30,31). The Hall–Kier alpha value is -3.87. The quantitative estimate of drug-likeness (QED) is 0.312. The van der Waals surface area contributed by atoms with E-state index in [-0.39, 0.29) is 5.41 Å². The van der Waals surface area contributed by atoms with E-state index in [9.17, 15) is 0 Å². The highest BCUT2D eigenvalue weighted by Gasteiger charge is 2.22. The number of hydrogen-bond donors (Lipinski definition) is 2. The van der Waals surface area contributed by atoms with Crippen molar-refractivity contribution in [2.75, 3.05) is 12.8 Å². The minimum absolute atomic E-state index is 0.0893. The smallest absolute Gasteiger partial charge is 0.142 e. The monoisotopic (exact) mass is 455 g/mol. The lowest BCUT2D eigenvalue weighted by Crippen LogP contribution is -2.14. The van der Waals surface area contributed by atoms with Crippen molar-refractivity contribution in [2.24, 2.45) is 0 Å². The van der Waals surface area contributed by atoms with Crippen molar-refractivity contribution in [3.05, 3.63) is 53.2 Å². The maximum Gasteiger partial charge on any atom is 0.142 e. The minimum atomic E-state index is -0.0893. The zero-order valence-corrected chi connectivity index (χ0v) is 20.6. The Labute approximate surface area is 198 Å². The van der Waals surface area contributed by atoms with Crippen LogP contribution in [0.2, 0.25) is 0 Å². The van der Waals surface area contributed by atoms with Crippen LogP contribution in [0.25, 0.3) is 44.3 Å². The third-order valence-corrected chi connectivity index (χ3v) is 6.32. The van der Waals surface area contributed by atoms with Crippen LogP contribution in [0.1, 0.15) is 43.6 Å². The van der Waals surface area contributed by atoms with Crippen LogP contribution >= 0.6 is 0 Å². The van der Waals surface area contributed by atoms with Gasteiger partial charge in [0.15, 0.2) is 0 Å². The molecule has 7 nitrogen and oxygen atoms in total. The molecule has 0 aliphatic heterocycles. The van der Waals surface area contributed by atoms with Gasteiger partial charge < -0.3 is 20.0 Å². The molecule has 0 atom stereocenters. The zero-order chi connectivity index (χ0) is 24.4. The van der Waals surface area contributed by atoms with Gasteiger partial charge in [-0.3, -0.25) is 0 Å². The first-order valence-electron chi connectivity index (χ1n) is 11.3. The summed E-state index contributed by atoms with van der Waals surface area (Å²) in [5.74, 6) is 2.18. The van der Waals surface area contributed by atoms with E-state index < -0.39 is 0 Å². The van der Waals surface area contributed by atoms with Crippen LogP contribution in [0.4, 0.5) is 5.69 Å². The van der Waals surface area contributed by atoms with Gasteiger partial charge in [-0.15, -0.1) is 0 Å². The lowest BCUT2D eigenvalue weighted by atomic mass is 9.84. The van der Waals surface area contributed by atoms with Gasteiger partial charge in [0.25, 0.3) is 0 Å². The molecular formula is C27H29N5O2. The maximum atomic E-state index is 6.32. The number of aromatic nitrogens is 4. The first-order chi connectivity index (χ1) is 16.1. The number of aromatic amines is 1. The number of fused-ring (bicyclic) bond motifs is 3. The van der Waals surface area contributed by atoms with E-state index >= 15 is 0 Å². The van der Waals surface area contributed by atoms with E-state index in [1.54, 1.807) is 7.11 Å². The molecule has 0 saturated carbocycles. The Morgan fingerprint density at radius 3 is 2.44 bits per heavy atom. The van der Waals surface area contributed by atoms with Crippen molar-refractivity contribution < 1.29 is 9.26 Å². The fourth-order valence-corrected chi connectivity index (χ4v) is 4.73. The van der Waals surface area contributed by atoms with E-state index in [0.717, 1.165) is 72.8 Å². The maximum absolute atomic E-state index is 6.32. The molecule has 0 radical (unpaired) electrons. The number of nitrogen functional groups attached to an aromatic ring is 1. The predicted octanol–water partition coefficient (Wildman–Crippen LogP) is 6.25. The number of hydrogen-bond acceptors (Lipinski definition) is 6. The molecular weight excluding hydrogens is 426 g/mol. The number of ether oxygens (including phenoxy) is 1. The van der Waals surface area contributed by atoms with Gasteiger partial charge in [-0.05, 0) is 56.0 Å². The van der Waals surface area contributed by atoms with Crippen LogP contribution in [0.5, 0.6) is 5.75 Å². The Bertz CT molecular complexity index is 1550. The highest BCUT2D eigenvalue weighted by Crippen LogP contribution is 2.42. The number of benzene rings is 2. The lowest BCUT2D eigenvalue weighted by Gasteiger charge is -2.22. The molecule has 0 amide bonds. The van der Waals surface area contributed by atoms with E-state index in [1.165, 1.54) is 0 Å². The molecule has 2 aromatic carbocycles. The van der Waals surface area contributed by atoms with Crippen molar-refractivity contribution in [1.29, 1.82) is 0 Å². The molecule has 0 aliphatic rings. The van der Waals surface area contributed by atoms with Gasteiger partial charge in [0.05, 0.1) is 29.4 Å². The van der Waals surface area contributed by atoms with Crippen molar-refractivity contribution in [2.45, 2.75) is 47.0 Å². The van der Waals surface area contributed by atoms with Gasteiger partial charge in [-0.2, -0.15) is 0 Å².